The van der Waals surface area contributed by atoms with Gasteiger partial charge in [0.05, 0.1) is 11.3 Å². The molecule has 0 bridgehead atoms. The SMILES string of the molecule is Cc1nc(N2CCCC(C)C2)ccc1C(F)(F)F. The first-order chi connectivity index (χ1) is 8.38. The third-order valence-electron chi connectivity index (χ3n) is 3.36. The molecule has 2 nitrogen and oxygen atoms in total. The van der Waals surface area contributed by atoms with E-state index >= 15 is 0 Å². The van der Waals surface area contributed by atoms with E-state index in [9.17, 15) is 13.2 Å². The van der Waals surface area contributed by atoms with Gasteiger partial charge in [0.2, 0.25) is 0 Å². The van der Waals surface area contributed by atoms with Gasteiger partial charge in [0.1, 0.15) is 5.82 Å². The molecule has 1 aromatic rings. The Labute approximate surface area is 105 Å². The molecule has 100 valence electrons. The monoisotopic (exact) mass is 258 g/mol. The fourth-order valence-corrected chi connectivity index (χ4v) is 2.42. The van der Waals surface area contributed by atoms with Gasteiger partial charge in [0.15, 0.2) is 0 Å². The summed E-state index contributed by atoms with van der Waals surface area (Å²) in [5, 5.41) is 0. The molecule has 2 rings (SSSR count). The lowest BCUT2D eigenvalue weighted by Gasteiger charge is -2.32. The number of pyridine rings is 1. The highest BCUT2D eigenvalue weighted by Gasteiger charge is 2.33. The number of rotatable bonds is 1. The van der Waals surface area contributed by atoms with E-state index in [-0.39, 0.29) is 5.69 Å². The van der Waals surface area contributed by atoms with Crippen LogP contribution in [0.4, 0.5) is 19.0 Å². The summed E-state index contributed by atoms with van der Waals surface area (Å²) in [6.45, 7) is 5.32. The molecule has 0 N–H and O–H groups in total. The second kappa shape index (κ2) is 4.78. The van der Waals surface area contributed by atoms with E-state index in [1.54, 1.807) is 0 Å². The largest absolute Gasteiger partial charge is 0.418 e. The molecule has 0 aliphatic carbocycles. The Bertz CT molecular complexity index is 429. The van der Waals surface area contributed by atoms with Crippen LogP contribution in [0, 0.1) is 12.8 Å². The summed E-state index contributed by atoms with van der Waals surface area (Å²) in [6.07, 6.45) is -2.07. The maximum absolute atomic E-state index is 12.6. The molecule has 1 saturated heterocycles. The summed E-state index contributed by atoms with van der Waals surface area (Å²) in [7, 11) is 0. The van der Waals surface area contributed by atoms with E-state index in [4.69, 9.17) is 0 Å². The minimum atomic E-state index is -4.31. The van der Waals surface area contributed by atoms with Gasteiger partial charge in [-0.15, -0.1) is 0 Å². The third-order valence-corrected chi connectivity index (χ3v) is 3.36. The molecule has 1 aromatic heterocycles. The standard InChI is InChI=1S/C13H17F3N2/c1-9-4-3-7-18(8-9)12-6-5-11(10(2)17-12)13(14,15)16/h5-6,9H,3-4,7-8H2,1-2H3. The molecule has 0 spiro atoms. The Morgan fingerprint density at radius 3 is 2.61 bits per heavy atom. The summed E-state index contributed by atoms with van der Waals surface area (Å²) < 4.78 is 37.9. The number of aromatic nitrogens is 1. The maximum atomic E-state index is 12.6. The Balaban J connectivity index is 2.23. The average molecular weight is 258 g/mol. The highest BCUT2D eigenvalue weighted by atomic mass is 19.4. The molecule has 1 fully saturated rings. The van der Waals surface area contributed by atoms with Crippen LogP contribution in [0.2, 0.25) is 0 Å². The van der Waals surface area contributed by atoms with Crippen LogP contribution in [0.5, 0.6) is 0 Å². The van der Waals surface area contributed by atoms with Gasteiger partial charge in [-0.3, -0.25) is 0 Å². The fourth-order valence-electron chi connectivity index (χ4n) is 2.42. The third kappa shape index (κ3) is 2.76. The van der Waals surface area contributed by atoms with E-state index in [0.29, 0.717) is 11.7 Å². The Morgan fingerprint density at radius 1 is 1.33 bits per heavy atom. The summed E-state index contributed by atoms with van der Waals surface area (Å²) in [5.74, 6) is 1.23. The van der Waals surface area contributed by atoms with Crippen LogP contribution < -0.4 is 4.90 Å². The normalized spacial score (nSPS) is 21.2. The van der Waals surface area contributed by atoms with Gasteiger partial charge < -0.3 is 4.90 Å². The van der Waals surface area contributed by atoms with Crippen molar-refractivity contribution in [3.63, 3.8) is 0 Å². The molecular weight excluding hydrogens is 241 g/mol. The second-order valence-electron chi connectivity index (χ2n) is 4.99. The molecule has 18 heavy (non-hydrogen) atoms. The van der Waals surface area contributed by atoms with Crippen molar-refractivity contribution in [2.45, 2.75) is 32.9 Å². The lowest BCUT2D eigenvalue weighted by atomic mass is 10.0. The molecule has 1 unspecified atom stereocenters. The smallest absolute Gasteiger partial charge is 0.356 e. The first kappa shape index (κ1) is 13.2. The zero-order chi connectivity index (χ0) is 13.3. The molecular formula is C13H17F3N2. The molecule has 1 aliphatic rings. The lowest BCUT2D eigenvalue weighted by molar-refractivity contribution is -0.138. The van der Waals surface area contributed by atoms with Crippen LogP contribution in [-0.2, 0) is 6.18 Å². The predicted molar refractivity (Wildman–Crippen MR) is 64.6 cm³/mol. The average Bonchev–Trinajstić information content (AvgIpc) is 2.27. The highest BCUT2D eigenvalue weighted by molar-refractivity contribution is 5.42. The molecule has 1 atom stereocenters. The number of halogens is 3. The lowest BCUT2D eigenvalue weighted by Crippen LogP contribution is -2.35. The number of alkyl halides is 3. The summed E-state index contributed by atoms with van der Waals surface area (Å²) in [4.78, 5) is 6.17. The van der Waals surface area contributed by atoms with Crippen LogP contribution in [0.3, 0.4) is 0 Å². The highest BCUT2D eigenvalue weighted by Crippen LogP contribution is 2.32. The van der Waals surface area contributed by atoms with Gasteiger partial charge in [-0.05, 0) is 37.8 Å². The zero-order valence-corrected chi connectivity index (χ0v) is 10.6. The topological polar surface area (TPSA) is 16.1 Å². The quantitative estimate of drug-likeness (QED) is 0.764. The number of hydrogen-bond acceptors (Lipinski definition) is 2. The Morgan fingerprint density at radius 2 is 2.06 bits per heavy atom. The Hall–Kier alpha value is -1.26. The van der Waals surface area contributed by atoms with E-state index in [2.05, 4.69) is 16.8 Å². The van der Waals surface area contributed by atoms with Crippen molar-refractivity contribution in [3.05, 3.63) is 23.4 Å². The molecule has 1 aliphatic heterocycles. The predicted octanol–water partition coefficient (Wildman–Crippen LogP) is 3.65. The molecule has 0 saturated carbocycles. The zero-order valence-electron chi connectivity index (χ0n) is 10.6. The summed E-state index contributed by atoms with van der Waals surface area (Å²) >= 11 is 0. The number of nitrogens with zero attached hydrogens (tertiary/aromatic N) is 2. The van der Waals surface area contributed by atoms with Gasteiger partial charge in [-0.2, -0.15) is 13.2 Å². The number of piperidine rings is 1. The summed E-state index contributed by atoms with van der Waals surface area (Å²) in [5.41, 5.74) is -0.588. The molecule has 0 amide bonds. The number of aryl methyl sites for hydroxylation is 1. The van der Waals surface area contributed by atoms with E-state index in [1.165, 1.54) is 19.4 Å². The second-order valence-corrected chi connectivity index (χ2v) is 4.99. The van der Waals surface area contributed by atoms with Crippen molar-refractivity contribution < 1.29 is 13.2 Å². The van der Waals surface area contributed by atoms with Crippen LogP contribution >= 0.6 is 0 Å². The van der Waals surface area contributed by atoms with Crippen molar-refractivity contribution in [1.82, 2.24) is 4.98 Å². The van der Waals surface area contributed by atoms with E-state index in [1.807, 2.05) is 0 Å². The van der Waals surface area contributed by atoms with Crippen molar-refractivity contribution >= 4 is 5.82 Å². The summed E-state index contributed by atoms with van der Waals surface area (Å²) in [6, 6.07) is 2.62. The van der Waals surface area contributed by atoms with E-state index in [0.717, 1.165) is 25.6 Å². The first-order valence-corrected chi connectivity index (χ1v) is 6.17. The van der Waals surface area contributed by atoms with Gasteiger partial charge in [0, 0.05) is 13.1 Å². The van der Waals surface area contributed by atoms with Gasteiger partial charge in [-0.1, -0.05) is 6.92 Å². The Kier molecular flexibility index (Phi) is 3.50. The molecule has 0 radical (unpaired) electrons. The molecule has 0 aromatic carbocycles. The van der Waals surface area contributed by atoms with Gasteiger partial charge in [-0.25, -0.2) is 4.98 Å². The fraction of sp³-hybridized carbons (Fsp3) is 0.615. The number of anilines is 1. The minimum absolute atomic E-state index is 0.0539. The van der Waals surface area contributed by atoms with E-state index < -0.39 is 11.7 Å². The molecule has 5 heteroatoms. The van der Waals surface area contributed by atoms with Crippen molar-refractivity contribution in [1.29, 1.82) is 0 Å². The van der Waals surface area contributed by atoms with Crippen molar-refractivity contribution in [2.24, 2.45) is 5.92 Å². The first-order valence-electron chi connectivity index (χ1n) is 6.17. The van der Waals surface area contributed by atoms with Crippen molar-refractivity contribution in [3.8, 4) is 0 Å². The molecule has 2 heterocycles. The van der Waals surface area contributed by atoms with Gasteiger partial charge in [0.25, 0.3) is 0 Å². The minimum Gasteiger partial charge on any atom is -0.356 e. The van der Waals surface area contributed by atoms with Crippen LogP contribution in [0.15, 0.2) is 12.1 Å². The van der Waals surface area contributed by atoms with Gasteiger partial charge >= 0.3 is 6.18 Å². The maximum Gasteiger partial charge on any atom is 0.418 e. The van der Waals surface area contributed by atoms with Crippen LogP contribution in [-0.4, -0.2) is 18.1 Å². The number of hydrogen-bond donors (Lipinski definition) is 0. The van der Waals surface area contributed by atoms with Crippen LogP contribution in [0.1, 0.15) is 31.0 Å². The van der Waals surface area contributed by atoms with Crippen molar-refractivity contribution in [2.75, 3.05) is 18.0 Å². The van der Waals surface area contributed by atoms with Crippen LogP contribution in [0.25, 0.3) is 0 Å².